The Labute approximate surface area is 56.3 Å². The summed E-state index contributed by atoms with van der Waals surface area (Å²) in [7, 11) is 0. The Morgan fingerprint density at radius 3 is 1.44 bits per heavy atom. The molecule has 9 heavy (non-hydrogen) atoms. The lowest BCUT2D eigenvalue weighted by Gasteiger charge is -2.52. The summed E-state index contributed by atoms with van der Waals surface area (Å²) >= 11 is 0. The predicted molar refractivity (Wildman–Crippen MR) is 39.2 cm³/mol. The van der Waals surface area contributed by atoms with Crippen molar-refractivity contribution in [2.45, 2.75) is 25.7 Å². The quantitative estimate of drug-likeness (QED) is 0.431. The van der Waals surface area contributed by atoms with Gasteiger partial charge in [-0.2, -0.15) is 0 Å². The number of allylic oxidation sites excluding steroid dienone is 2. The summed E-state index contributed by atoms with van der Waals surface area (Å²) < 4.78 is 0. The SMILES string of the molecule is C=C1CC2(C1)CC(=C)C2. The molecule has 0 heterocycles. The van der Waals surface area contributed by atoms with Crippen LogP contribution in [0.15, 0.2) is 24.3 Å². The topological polar surface area (TPSA) is 0 Å². The average Bonchev–Trinajstić information content (AvgIpc) is 1.58. The first kappa shape index (κ1) is 5.28. The Bertz CT molecular complexity index is 145. The van der Waals surface area contributed by atoms with E-state index in [-0.39, 0.29) is 0 Å². The van der Waals surface area contributed by atoms with Crippen LogP contribution >= 0.6 is 0 Å². The first-order chi connectivity index (χ1) is 4.20. The molecule has 0 radical (unpaired) electrons. The Kier molecular flexibility index (Phi) is 0.769. The van der Waals surface area contributed by atoms with Crippen molar-refractivity contribution < 1.29 is 0 Å². The van der Waals surface area contributed by atoms with Crippen molar-refractivity contribution in [2.24, 2.45) is 5.41 Å². The summed E-state index contributed by atoms with van der Waals surface area (Å²) in [6.07, 6.45) is 5.14. The van der Waals surface area contributed by atoms with Gasteiger partial charge < -0.3 is 0 Å². The summed E-state index contributed by atoms with van der Waals surface area (Å²) in [6.45, 7) is 7.87. The predicted octanol–water partition coefficient (Wildman–Crippen LogP) is 2.67. The molecule has 0 heteroatoms. The van der Waals surface area contributed by atoms with E-state index in [1.807, 2.05) is 0 Å². The normalized spacial score (nSPS) is 29.8. The van der Waals surface area contributed by atoms with Crippen LogP contribution in [0.25, 0.3) is 0 Å². The van der Waals surface area contributed by atoms with Crippen molar-refractivity contribution >= 4 is 0 Å². The first-order valence-electron chi connectivity index (χ1n) is 3.54. The minimum Gasteiger partial charge on any atom is -0.0998 e. The molecular formula is C9H12. The summed E-state index contributed by atoms with van der Waals surface area (Å²) in [6, 6.07) is 0. The van der Waals surface area contributed by atoms with Crippen LogP contribution in [0, 0.1) is 5.41 Å². The lowest BCUT2D eigenvalue weighted by Crippen LogP contribution is -2.38. The van der Waals surface area contributed by atoms with E-state index in [0.29, 0.717) is 5.41 Å². The molecule has 0 amide bonds. The van der Waals surface area contributed by atoms with Gasteiger partial charge >= 0.3 is 0 Å². The summed E-state index contributed by atoms with van der Waals surface area (Å²) in [5.74, 6) is 0. The average molecular weight is 120 g/mol. The highest BCUT2D eigenvalue weighted by Crippen LogP contribution is 2.59. The second-order valence-corrected chi connectivity index (χ2v) is 3.71. The number of hydrogen-bond donors (Lipinski definition) is 0. The summed E-state index contributed by atoms with van der Waals surface area (Å²) in [4.78, 5) is 0. The molecule has 0 aromatic rings. The second-order valence-electron chi connectivity index (χ2n) is 3.71. The highest BCUT2D eigenvalue weighted by molar-refractivity contribution is 5.28. The van der Waals surface area contributed by atoms with Crippen LogP contribution in [0.2, 0.25) is 0 Å². The molecule has 0 N–H and O–H groups in total. The lowest BCUT2D eigenvalue weighted by molar-refractivity contribution is 0.141. The Balaban J connectivity index is 2.01. The van der Waals surface area contributed by atoms with E-state index in [0.717, 1.165) is 0 Å². The second kappa shape index (κ2) is 1.31. The van der Waals surface area contributed by atoms with Gasteiger partial charge in [-0.05, 0) is 31.1 Å². The minimum atomic E-state index is 0.689. The number of hydrogen-bond acceptors (Lipinski definition) is 0. The molecule has 2 saturated carbocycles. The van der Waals surface area contributed by atoms with Gasteiger partial charge in [0.2, 0.25) is 0 Å². The van der Waals surface area contributed by atoms with Gasteiger partial charge in [-0.1, -0.05) is 24.3 Å². The fourth-order valence-corrected chi connectivity index (χ4v) is 2.27. The molecule has 0 atom stereocenters. The zero-order valence-electron chi connectivity index (χ0n) is 5.74. The molecule has 0 aromatic heterocycles. The maximum Gasteiger partial charge on any atom is -0.0149 e. The maximum atomic E-state index is 3.93. The molecule has 1 spiro atoms. The molecule has 0 saturated heterocycles. The van der Waals surface area contributed by atoms with E-state index < -0.39 is 0 Å². The van der Waals surface area contributed by atoms with Crippen LogP contribution in [-0.4, -0.2) is 0 Å². The van der Waals surface area contributed by atoms with Crippen LogP contribution in [0.3, 0.4) is 0 Å². The van der Waals surface area contributed by atoms with Crippen LogP contribution < -0.4 is 0 Å². The summed E-state index contributed by atoms with van der Waals surface area (Å²) in [5.41, 5.74) is 3.58. The van der Waals surface area contributed by atoms with Gasteiger partial charge in [0, 0.05) is 0 Å². The molecule has 2 aliphatic rings. The third-order valence-electron chi connectivity index (χ3n) is 2.50. The maximum absolute atomic E-state index is 3.93. The third kappa shape index (κ3) is 0.592. The van der Waals surface area contributed by atoms with E-state index in [1.165, 1.54) is 36.8 Å². The standard InChI is InChI=1S/C9H12/c1-7-3-9(4-7)5-8(2)6-9/h1-6H2. The molecule has 0 unspecified atom stereocenters. The molecule has 0 nitrogen and oxygen atoms in total. The molecule has 2 fully saturated rings. The Hall–Kier alpha value is -0.520. The highest BCUT2D eigenvalue weighted by atomic mass is 14.5. The van der Waals surface area contributed by atoms with Gasteiger partial charge in [-0.3, -0.25) is 0 Å². The molecule has 2 rings (SSSR count). The van der Waals surface area contributed by atoms with E-state index in [9.17, 15) is 0 Å². The van der Waals surface area contributed by atoms with Gasteiger partial charge in [0.15, 0.2) is 0 Å². The lowest BCUT2D eigenvalue weighted by atomic mass is 9.53. The van der Waals surface area contributed by atoms with Crippen molar-refractivity contribution in [3.63, 3.8) is 0 Å². The molecular weight excluding hydrogens is 108 g/mol. The first-order valence-corrected chi connectivity index (χ1v) is 3.54. The van der Waals surface area contributed by atoms with Crippen molar-refractivity contribution in [3.05, 3.63) is 24.3 Å². The number of rotatable bonds is 0. The zero-order valence-corrected chi connectivity index (χ0v) is 5.74. The minimum absolute atomic E-state index is 0.689. The molecule has 2 aliphatic carbocycles. The van der Waals surface area contributed by atoms with E-state index >= 15 is 0 Å². The van der Waals surface area contributed by atoms with Crippen molar-refractivity contribution in [2.75, 3.05) is 0 Å². The smallest absolute Gasteiger partial charge is 0.0149 e. The monoisotopic (exact) mass is 120 g/mol. The van der Waals surface area contributed by atoms with Crippen LogP contribution in [0.4, 0.5) is 0 Å². The fraction of sp³-hybridized carbons (Fsp3) is 0.556. The molecule has 0 bridgehead atoms. The third-order valence-corrected chi connectivity index (χ3v) is 2.50. The zero-order chi connectivity index (χ0) is 6.48. The van der Waals surface area contributed by atoms with E-state index in [2.05, 4.69) is 13.2 Å². The van der Waals surface area contributed by atoms with Crippen LogP contribution in [-0.2, 0) is 0 Å². The van der Waals surface area contributed by atoms with E-state index in [1.54, 1.807) is 0 Å². The van der Waals surface area contributed by atoms with E-state index in [4.69, 9.17) is 0 Å². The molecule has 0 aliphatic heterocycles. The Morgan fingerprint density at radius 2 is 1.22 bits per heavy atom. The largest absolute Gasteiger partial charge is 0.0998 e. The van der Waals surface area contributed by atoms with Gasteiger partial charge in [0.1, 0.15) is 0 Å². The fourth-order valence-electron chi connectivity index (χ4n) is 2.27. The summed E-state index contributed by atoms with van der Waals surface area (Å²) in [5, 5.41) is 0. The van der Waals surface area contributed by atoms with Crippen LogP contribution in [0.1, 0.15) is 25.7 Å². The molecule has 0 aromatic carbocycles. The Morgan fingerprint density at radius 1 is 0.889 bits per heavy atom. The van der Waals surface area contributed by atoms with Crippen molar-refractivity contribution in [3.8, 4) is 0 Å². The van der Waals surface area contributed by atoms with Gasteiger partial charge in [-0.15, -0.1) is 0 Å². The van der Waals surface area contributed by atoms with Crippen molar-refractivity contribution in [1.82, 2.24) is 0 Å². The van der Waals surface area contributed by atoms with Gasteiger partial charge in [-0.25, -0.2) is 0 Å². The van der Waals surface area contributed by atoms with Crippen LogP contribution in [0.5, 0.6) is 0 Å². The van der Waals surface area contributed by atoms with Gasteiger partial charge in [0.05, 0.1) is 0 Å². The highest BCUT2D eigenvalue weighted by Gasteiger charge is 2.46. The molecule has 48 valence electrons. The van der Waals surface area contributed by atoms with Gasteiger partial charge in [0.25, 0.3) is 0 Å². The van der Waals surface area contributed by atoms with Crippen molar-refractivity contribution in [1.29, 1.82) is 0 Å².